The number of nitrogens with two attached hydrogens (primary N) is 1. The number of amides is 1. The minimum absolute atomic E-state index is 0.145. The Morgan fingerprint density at radius 1 is 1.18 bits per heavy atom. The second-order valence-corrected chi connectivity index (χ2v) is 4.90. The molecule has 1 heterocycles. The molecule has 0 bridgehead atoms. The summed E-state index contributed by atoms with van der Waals surface area (Å²) in [5.41, 5.74) is 1.58. The van der Waals surface area contributed by atoms with Crippen LogP contribution in [0.5, 0.6) is 0 Å². The molecule has 4 N–H and O–H groups in total. The summed E-state index contributed by atoms with van der Waals surface area (Å²) in [6, 6.07) is 11.7. The van der Waals surface area contributed by atoms with Crippen LogP contribution in [0.15, 0.2) is 54.9 Å². The van der Waals surface area contributed by atoms with Crippen LogP contribution in [0, 0.1) is 0 Å². The largest absolute Gasteiger partial charge is 0.544 e. The second kappa shape index (κ2) is 7.90. The van der Waals surface area contributed by atoms with Crippen molar-refractivity contribution in [3.63, 3.8) is 0 Å². The smallest absolute Gasteiger partial charge is 0.230 e. The number of pyridine rings is 1. The molecule has 0 saturated carbocycles. The Balaban J connectivity index is 1.88. The third-order valence-corrected chi connectivity index (χ3v) is 3.18. The highest BCUT2D eigenvalue weighted by molar-refractivity contribution is 5.93. The molecule has 6 nitrogen and oxygen atoms in total. The summed E-state index contributed by atoms with van der Waals surface area (Å²) in [7, 11) is 0. The number of anilines is 1. The lowest BCUT2D eigenvalue weighted by atomic mass is 10.1. The number of rotatable bonds is 7. The Morgan fingerprint density at radius 3 is 2.59 bits per heavy atom. The fraction of sp³-hybridized carbons (Fsp3) is 0.188. The number of hydrogen-bond donors (Lipinski definition) is 2. The van der Waals surface area contributed by atoms with E-state index in [9.17, 15) is 14.7 Å². The summed E-state index contributed by atoms with van der Waals surface area (Å²) in [5, 5.41) is 15.4. The monoisotopic (exact) mass is 300 g/mol. The van der Waals surface area contributed by atoms with Gasteiger partial charge in [0.1, 0.15) is 12.6 Å². The number of aromatic nitrogens is 1. The minimum atomic E-state index is -1.25. The average molecular weight is 300 g/mol. The molecule has 0 aliphatic heterocycles. The third kappa shape index (κ3) is 4.99. The van der Waals surface area contributed by atoms with E-state index in [4.69, 9.17) is 0 Å². The number of para-hydroxylation sites is 1. The Bertz CT molecular complexity index is 617. The molecule has 114 valence electrons. The maximum Gasteiger partial charge on any atom is 0.230 e. The molecule has 1 unspecified atom stereocenters. The van der Waals surface area contributed by atoms with E-state index in [1.54, 1.807) is 42.0 Å². The highest BCUT2D eigenvalue weighted by Crippen LogP contribution is 2.05. The number of hydrogen-bond acceptors (Lipinski definition) is 3. The molecule has 0 spiro atoms. The lowest BCUT2D eigenvalue weighted by Crippen LogP contribution is -2.92. The van der Waals surface area contributed by atoms with Crippen molar-refractivity contribution >= 4 is 17.6 Å². The maximum absolute atomic E-state index is 11.9. The van der Waals surface area contributed by atoms with Crippen molar-refractivity contribution in [2.45, 2.75) is 19.0 Å². The van der Waals surface area contributed by atoms with Gasteiger partial charge in [-0.15, -0.1) is 0 Å². The predicted molar refractivity (Wildman–Crippen MR) is 77.1 cm³/mol. The first-order valence-electron chi connectivity index (χ1n) is 6.99. The molecule has 22 heavy (non-hydrogen) atoms. The first-order valence-corrected chi connectivity index (χ1v) is 6.99. The minimum Gasteiger partial charge on any atom is -0.544 e. The van der Waals surface area contributed by atoms with Crippen molar-refractivity contribution in [3.8, 4) is 0 Å². The van der Waals surface area contributed by atoms with E-state index in [0.29, 0.717) is 12.2 Å². The molecular weight excluding hydrogens is 282 g/mol. The summed E-state index contributed by atoms with van der Waals surface area (Å²) in [5.74, 6) is -1.60. The Kier molecular flexibility index (Phi) is 5.62. The lowest BCUT2D eigenvalue weighted by Gasteiger charge is -2.16. The molecule has 1 amide bonds. The van der Waals surface area contributed by atoms with Gasteiger partial charge in [0.2, 0.25) is 5.91 Å². The third-order valence-electron chi connectivity index (χ3n) is 3.18. The molecule has 0 fully saturated rings. The standard InChI is InChI=1S/C16H17N3O3/c20-15(19-13-6-2-1-3-7-13)9-14(16(21)22)18-11-12-5-4-8-17-10-12/h1-8,10,14,18H,9,11H2,(H,19,20)(H,21,22)/p+1. The first-order chi connectivity index (χ1) is 10.6. The summed E-state index contributed by atoms with van der Waals surface area (Å²) >= 11 is 0. The SMILES string of the molecule is O=C(CC([NH2+]Cc1ccc[nH+]c1)C(=O)[O-])Nc1ccccc1. The van der Waals surface area contributed by atoms with E-state index in [1.807, 2.05) is 18.2 Å². The Morgan fingerprint density at radius 2 is 1.95 bits per heavy atom. The van der Waals surface area contributed by atoms with Crippen LogP contribution < -0.4 is 20.7 Å². The molecule has 1 aromatic carbocycles. The highest BCUT2D eigenvalue weighted by Gasteiger charge is 2.18. The van der Waals surface area contributed by atoms with Crippen LogP contribution in [0.1, 0.15) is 12.0 Å². The number of carboxylic acids is 1. The van der Waals surface area contributed by atoms with Crippen LogP contribution in [0.4, 0.5) is 5.69 Å². The van der Waals surface area contributed by atoms with Crippen molar-refractivity contribution in [2.75, 3.05) is 5.32 Å². The van der Waals surface area contributed by atoms with Crippen molar-refractivity contribution in [3.05, 3.63) is 60.4 Å². The fourth-order valence-electron chi connectivity index (χ4n) is 2.03. The molecule has 0 saturated heterocycles. The number of carbonyl (C=O) groups is 2. The van der Waals surface area contributed by atoms with Gasteiger partial charge in [-0.1, -0.05) is 18.2 Å². The number of benzene rings is 1. The van der Waals surface area contributed by atoms with Gasteiger partial charge in [-0.25, -0.2) is 4.98 Å². The van der Waals surface area contributed by atoms with Crippen molar-refractivity contribution in [1.82, 2.24) is 0 Å². The average Bonchev–Trinajstić information content (AvgIpc) is 2.53. The quantitative estimate of drug-likeness (QED) is 0.665. The van der Waals surface area contributed by atoms with Gasteiger partial charge < -0.3 is 20.5 Å². The van der Waals surface area contributed by atoms with Gasteiger partial charge in [-0.05, 0) is 18.2 Å². The van der Waals surface area contributed by atoms with E-state index in [0.717, 1.165) is 5.56 Å². The summed E-state index contributed by atoms with van der Waals surface area (Å²) < 4.78 is 0. The van der Waals surface area contributed by atoms with Crippen LogP contribution in [0.3, 0.4) is 0 Å². The van der Waals surface area contributed by atoms with Crippen LogP contribution in [-0.2, 0) is 16.1 Å². The van der Waals surface area contributed by atoms with Crippen molar-refractivity contribution in [1.29, 1.82) is 0 Å². The number of quaternary nitrogens is 1. The zero-order chi connectivity index (χ0) is 15.8. The normalized spacial score (nSPS) is 11.6. The maximum atomic E-state index is 11.9. The Labute approximate surface area is 128 Å². The highest BCUT2D eigenvalue weighted by atomic mass is 16.4. The molecule has 2 rings (SSSR count). The molecule has 6 heteroatoms. The molecule has 2 aromatic rings. The van der Waals surface area contributed by atoms with Gasteiger partial charge in [0, 0.05) is 11.8 Å². The van der Waals surface area contributed by atoms with E-state index in [2.05, 4.69) is 10.3 Å². The van der Waals surface area contributed by atoms with E-state index >= 15 is 0 Å². The number of aliphatic carboxylic acids is 1. The van der Waals surface area contributed by atoms with Crippen LogP contribution >= 0.6 is 0 Å². The van der Waals surface area contributed by atoms with Crippen molar-refractivity contribution in [2.24, 2.45) is 0 Å². The van der Waals surface area contributed by atoms with E-state index in [-0.39, 0.29) is 12.3 Å². The Hall–Kier alpha value is -2.73. The number of carbonyl (C=O) groups excluding carboxylic acids is 2. The zero-order valence-electron chi connectivity index (χ0n) is 12.0. The lowest BCUT2D eigenvalue weighted by molar-refractivity contribution is -0.697. The number of carboxylic acid groups (broad SMARTS) is 1. The van der Waals surface area contributed by atoms with Crippen molar-refractivity contribution < 1.29 is 25.0 Å². The predicted octanol–water partition coefficient (Wildman–Crippen LogP) is -1.29. The molecule has 0 radical (unpaired) electrons. The molecule has 0 aliphatic rings. The van der Waals surface area contributed by atoms with Gasteiger partial charge in [0.25, 0.3) is 0 Å². The summed E-state index contributed by atoms with van der Waals surface area (Å²) in [6.45, 7) is 0.453. The van der Waals surface area contributed by atoms with Gasteiger partial charge in [0.05, 0.1) is 18.0 Å². The summed E-state index contributed by atoms with van der Waals surface area (Å²) in [6.07, 6.45) is 3.41. The second-order valence-electron chi connectivity index (χ2n) is 4.90. The topological polar surface area (TPSA) is 100.0 Å². The van der Waals surface area contributed by atoms with Gasteiger partial charge >= 0.3 is 0 Å². The molecule has 1 atom stereocenters. The van der Waals surface area contributed by atoms with Crippen LogP contribution in [0.25, 0.3) is 0 Å². The van der Waals surface area contributed by atoms with Crippen LogP contribution in [-0.4, -0.2) is 17.9 Å². The van der Waals surface area contributed by atoms with Gasteiger partial charge in [-0.3, -0.25) is 4.79 Å². The van der Waals surface area contributed by atoms with E-state index in [1.165, 1.54) is 0 Å². The van der Waals surface area contributed by atoms with Gasteiger partial charge in [-0.2, -0.15) is 0 Å². The zero-order valence-corrected chi connectivity index (χ0v) is 12.0. The molecular formula is C16H18N3O3+. The van der Waals surface area contributed by atoms with Gasteiger partial charge in [0.15, 0.2) is 12.4 Å². The van der Waals surface area contributed by atoms with E-state index < -0.39 is 12.0 Å². The molecule has 1 aromatic heterocycles. The fourth-order valence-corrected chi connectivity index (χ4v) is 2.03. The van der Waals surface area contributed by atoms with Crippen LogP contribution in [0.2, 0.25) is 0 Å². The molecule has 0 aliphatic carbocycles. The number of nitrogens with one attached hydrogen (secondary N) is 2. The summed E-state index contributed by atoms with van der Waals surface area (Å²) in [4.78, 5) is 26.0. The number of aromatic amines is 1. The first kappa shape index (κ1) is 15.7. The number of H-pyrrole nitrogens is 1.